The third kappa shape index (κ3) is 3.18. The fourth-order valence-corrected chi connectivity index (χ4v) is 4.14. The van der Waals surface area contributed by atoms with Crippen LogP contribution < -0.4 is 0 Å². The Labute approximate surface area is 140 Å². The van der Waals surface area contributed by atoms with Crippen LogP contribution in [0.4, 0.5) is 8.78 Å². The smallest absolute Gasteiger partial charge is 0.266 e. The fraction of sp³-hybridized carbons (Fsp3) is 0.765. The molecule has 0 radical (unpaired) electrons. The second-order valence-corrected chi connectivity index (χ2v) is 7.13. The molecule has 1 unspecified atom stereocenters. The van der Waals surface area contributed by atoms with Gasteiger partial charge >= 0.3 is 0 Å². The Morgan fingerprint density at radius 1 is 1.38 bits per heavy atom. The summed E-state index contributed by atoms with van der Waals surface area (Å²) < 4.78 is 33.7. The van der Waals surface area contributed by atoms with Crippen molar-refractivity contribution in [3.8, 4) is 0 Å². The summed E-state index contributed by atoms with van der Waals surface area (Å²) in [5, 5.41) is 0. The zero-order chi connectivity index (χ0) is 17.4. The molecule has 3 aliphatic rings. The Morgan fingerprint density at radius 2 is 2.17 bits per heavy atom. The van der Waals surface area contributed by atoms with Gasteiger partial charge in [-0.2, -0.15) is 0 Å². The van der Waals surface area contributed by atoms with Crippen molar-refractivity contribution in [3.63, 3.8) is 0 Å². The van der Waals surface area contributed by atoms with E-state index in [9.17, 15) is 18.4 Å². The first-order chi connectivity index (χ1) is 11.4. The lowest BCUT2D eigenvalue weighted by atomic mass is 9.76. The van der Waals surface area contributed by atoms with Crippen molar-refractivity contribution in [2.45, 2.75) is 38.0 Å². The van der Waals surface area contributed by atoms with Gasteiger partial charge in [-0.05, 0) is 25.7 Å². The van der Waals surface area contributed by atoms with Crippen LogP contribution in [0.3, 0.4) is 0 Å². The third-order valence-electron chi connectivity index (χ3n) is 5.28. The number of methoxy groups -OCH3 is 1. The van der Waals surface area contributed by atoms with Gasteiger partial charge in [-0.25, -0.2) is 8.78 Å². The number of carbonyl (C=O) groups is 2. The average Bonchev–Trinajstić information content (AvgIpc) is 3.14. The molecule has 0 aromatic heterocycles. The molecule has 0 aromatic rings. The predicted molar refractivity (Wildman–Crippen MR) is 83.6 cm³/mol. The summed E-state index contributed by atoms with van der Waals surface area (Å²) in [6.45, 7) is 0.746. The van der Waals surface area contributed by atoms with Crippen molar-refractivity contribution in [2.75, 3.05) is 39.9 Å². The average molecular weight is 342 g/mol. The van der Waals surface area contributed by atoms with Gasteiger partial charge in [0.05, 0.1) is 18.6 Å². The van der Waals surface area contributed by atoms with Crippen LogP contribution in [0.5, 0.6) is 0 Å². The maximum Gasteiger partial charge on any atom is 0.266 e. The number of hydrogen-bond acceptors (Lipinski definition) is 3. The minimum Gasteiger partial charge on any atom is -0.383 e. The number of alkyl halides is 2. The molecular weight excluding hydrogens is 318 g/mol. The number of nitrogens with zero attached hydrogens (tertiary/aromatic N) is 2. The molecule has 5 nitrogen and oxygen atoms in total. The number of amides is 2. The maximum absolute atomic E-state index is 14.3. The number of likely N-dealkylation sites (tertiary alicyclic amines) is 2. The second kappa shape index (κ2) is 6.43. The highest BCUT2D eigenvalue weighted by molar-refractivity contribution is 5.95. The van der Waals surface area contributed by atoms with Crippen molar-refractivity contribution in [1.82, 2.24) is 9.80 Å². The van der Waals surface area contributed by atoms with E-state index in [4.69, 9.17) is 4.74 Å². The highest BCUT2D eigenvalue weighted by atomic mass is 19.3. The van der Waals surface area contributed by atoms with Gasteiger partial charge < -0.3 is 14.5 Å². The van der Waals surface area contributed by atoms with Crippen LogP contribution in [0, 0.1) is 5.41 Å². The van der Waals surface area contributed by atoms with E-state index < -0.39 is 24.3 Å². The van der Waals surface area contributed by atoms with Crippen LogP contribution in [0.1, 0.15) is 32.1 Å². The zero-order valence-electron chi connectivity index (χ0n) is 14.0. The molecular formula is C17H24F2N2O3. The van der Waals surface area contributed by atoms with E-state index in [1.165, 1.54) is 4.90 Å². The first-order valence-corrected chi connectivity index (χ1v) is 8.51. The lowest BCUT2D eigenvalue weighted by Gasteiger charge is -2.43. The third-order valence-corrected chi connectivity index (χ3v) is 5.28. The van der Waals surface area contributed by atoms with Crippen LogP contribution in [-0.4, -0.2) is 67.4 Å². The van der Waals surface area contributed by atoms with Crippen LogP contribution in [0.25, 0.3) is 0 Å². The normalized spacial score (nSPS) is 29.5. The molecule has 2 heterocycles. The molecule has 0 saturated carbocycles. The highest BCUT2D eigenvalue weighted by Gasteiger charge is 2.57. The Morgan fingerprint density at radius 3 is 2.83 bits per heavy atom. The fourth-order valence-electron chi connectivity index (χ4n) is 4.14. The second-order valence-electron chi connectivity index (χ2n) is 7.13. The Bertz CT molecular complexity index is 564. The summed E-state index contributed by atoms with van der Waals surface area (Å²) in [6, 6.07) is 0. The van der Waals surface area contributed by atoms with E-state index in [0.29, 0.717) is 38.1 Å². The first kappa shape index (κ1) is 17.3. The van der Waals surface area contributed by atoms with Gasteiger partial charge in [0.25, 0.3) is 5.92 Å². The molecule has 7 heteroatoms. The lowest BCUT2D eigenvalue weighted by molar-refractivity contribution is -0.161. The zero-order valence-corrected chi connectivity index (χ0v) is 14.0. The molecule has 0 N–H and O–H groups in total. The van der Waals surface area contributed by atoms with E-state index in [1.54, 1.807) is 12.0 Å². The minimum absolute atomic E-state index is 0.0983. The van der Waals surface area contributed by atoms with E-state index in [2.05, 4.69) is 0 Å². The van der Waals surface area contributed by atoms with E-state index >= 15 is 0 Å². The quantitative estimate of drug-likeness (QED) is 0.783. The molecule has 2 amide bonds. The summed E-state index contributed by atoms with van der Waals surface area (Å²) in [5.74, 6) is -3.62. The largest absolute Gasteiger partial charge is 0.383 e. The standard InChI is InChI=1S/C17H24F2N2O3/c1-24-9-8-20-7-6-16(15(20)23)10-17(18,19)12-21(11-16)14(22)13-4-2-3-5-13/h4H,2-3,5-12H2,1H3. The molecule has 3 rings (SSSR count). The number of piperidine rings is 1. The van der Waals surface area contributed by atoms with Gasteiger partial charge in [0.15, 0.2) is 0 Å². The van der Waals surface area contributed by atoms with Crippen LogP contribution >= 0.6 is 0 Å². The van der Waals surface area contributed by atoms with Crippen molar-refractivity contribution >= 4 is 11.8 Å². The number of halogens is 2. The molecule has 24 heavy (non-hydrogen) atoms. The highest BCUT2D eigenvalue weighted by Crippen LogP contribution is 2.46. The summed E-state index contributed by atoms with van der Waals surface area (Å²) in [5.41, 5.74) is -0.533. The SMILES string of the molecule is COCCN1CCC2(CN(C(=O)C3=CCCC3)CC(F)(F)C2)C1=O. The molecule has 2 aliphatic heterocycles. The Hall–Kier alpha value is -1.50. The van der Waals surface area contributed by atoms with E-state index in [1.807, 2.05) is 6.08 Å². The maximum atomic E-state index is 14.3. The number of ether oxygens (including phenoxy) is 1. The number of hydrogen-bond donors (Lipinski definition) is 0. The molecule has 134 valence electrons. The van der Waals surface area contributed by atoms with Gasteiger partial charge in [-0.1, -0.05) is 6.08 Å². The topological polar surface area (TPSA) is 49.9 Å². The summed E-state index contributed by atoms with van der Waals surface area (Å²) >= 11 is 0. The van der Waals surface area contributed by atoms with Gasteiger partial charge in [-0.3, -0.25) is 9.59 Å². The number of rotatable bonds is 4. The lowest BCUT2D eigenvalue weighted by Crippen LogP contribution is -2.57. The van der Waals surface area contributed by atoms with Crippen LogP contribution in [-0.2, 0) is 14.3 Å². The van der Waals surface area contributed by atoms with E-state index in [0.717, 1.165) is 12.8 Å². The Balaban J connectivity index is 1.78. The summed E-state index contributed by atoms with van der Waals surface area (Å²) in [4.78, 5) is 28.1. The molecule has 1 aliphatic carbocycles. The minimum atomic E-state index is -3.03. The van der Waals surface area contributed by atoms with Gasteiger partial charge in [0.1, 0.15) is 0 Å². The monoisotopic (exact) mass is 342 g/mol. The summed E-state index contributed by atoms with van der Waals surface area (Å²) in [6.07, 6.45) is 4.09. The van der Waals surface area contributed by atoms with Gasteiger partial charge in [0, 0.05) is 38.7 Å². The number of allylic oxidation sites excluding steroid dienone is 1. The molecule has 0 bridgehead atoms. The summed E-state index contributed by atoms with van der Waals surface area (Å²) in [7, 11) is 1.54. The molecule has 1 spiro atoms. The van der Waals surface area contributed by atoms with Gasteiger partial charge in [0.2, 0.25) is 11.8 Å². The van der Waals surface area contributed by atoms with Crippen molar-refractivity contribution in [1.29, 1.82) is 0 Å². The van der Waals surface area contributed by atoms with Crippen LogP contribution in [0.15, 0.2) is 11.6 Å². The van der Waals surface area contributed by atoms with E-state index in [-0.39, 0.29) is 18.4 Å². The van der Waals surface area contributed by atoms with Crippen molar-refractivity contribution in [3.05, 3.63) is 11.6 Å². The molecule has 2 fully saturated rings. The van der Waals surface area contributed by atoms with Crippen molar-refractivity contribution in [2.24, 2.45) is 5.41 Å². The molecule has 1 atom stereocenters. The number of carbonyl (C=O) groups excluding carboxylic acids is 2. The molecule has 0 aromatic carbocycles. The van der Waals surface area contributed by atoms with Crippen molar-refractivity contribution < 1.29 is 23.1 Å². The van der Waals surface area contributed by atoms with Gasteiger partial charge in [-0.15, -0.1) is 0 Å². The first-order valence-electron chi connectivity index (χ1n) is 8.51. The predicted octanol–water partition coefficient (Wildman–Crippen LogP) is 1.83. The van der Waals surface area contributed by atoms with Crippen LogP contribution in [0.2, 0.25) is 0 Å². The molecule has 2 saturated heterocycles. The Kier molecular flexibility index (Phi) is 4.64.